The van der Waals surface area contributed by atoms with E-state index in [1.807, 2.05) is 13.0 Å². The maximum atomic E-state index is 11.0. The van der Waals surface area contributed by atoms with Crippen LogP contribution in [0.1, 0.15) is 11.1 Å². The molecule has 1 rings (SSSR count). The van der Waals surface area contributed by atoms with Gasteiger partial charge in [0.15, 0.2) is 9.84 Å². The lowest BCUT2D eigenvalue weighted by atomic mass is 10.1. The highest BCUT2D eigenvalue weighted by atomic mass is 32.2. The molecule has 0 fully saturated rings. The molecule has 19 heavy (non-hydrogen) atoms. The lowest BCUT2D eigenvalue weighted by molar-refractivity contribution is -0.131. The van der Waals surface area contributed by atoms with Gasteiger partial charge in [0.1, 0.15) is 12.4 Å². The fourth-order valence-electron chi connectivity index (χ4n) is 1.39. The number of carboxylic acid groups (broad SMARTS) is 1. The summed E-state index contributed by atoms with van der Waals surface area (Å²) in [5.74, 6) is -0.668. The van der Waals surface area contributed by atoms with Crippen molar-refractivity contribution >= 4 is 21.9 Å². The second-order valence-electron chi connectivity index (χ2n) is 4.19. The van der Waals surface area contributed by atoms with Crippen LogP contribution in [0, 0.1) is 6.92 Å². The van der Waals surface area contributed by atoms with Gasteiger partial charge in [0.2, 0.25) is 0 Å². The minimum absolute atomic E-state index is 0.0375. The second-order valence-corrected chi connectivity index (χ2v) is 6.45. The van der Waals surface area contributed by atoms with Gasteiger partial charge < -0.3 is 9.84 Å². The third-order valence-electron chi connectivity index (χ3n) is 2.28. The molecule has 0 radical (unpaired) electrons. The van der Waals surface area contributed by atoms with Crippen molar-refractivity contribution in [2.75, 3.05) is 18.6 Å². The Morgan fingerprint density at radius 1 is 1.42 bits per heavy atom. The Labute approximate surface area is 112 Å². The van der Waals surface area contributed by atoms with Crippen molar-refractivity contribution in [2.45, 2.75) is 6.92 Å². The molecule has 0 atom stereocenters. The van der Waals surface area contributed by atoms with Gasteiger partial charge in [-0.2, -0.15) is 0 Å². The van der Waals surface area contributed by atoms with E-state index in [4.69, 9.17) is 9.84 Å². The quantitative estimate of drug-likeness (QED) is 0.801. The molecule has 1 aromatic rings. The summed E-state index contributed by atoms with van der Waals surface area (Å²) in [6.07, 6.45) is 3.57. The molecule has 1 N–H and O–H groups in total. The van der Waals surface area contributed by atoms with Crippen molar-refractivity contribution < 1.29 is 23.1 Å². The zero-order valence-electron chi connectivity index (χ0n) is 10.8. The Morgan fingerprint density at radius 2 is 2.11 bits per heavy atom. The molecule has 104 valence electrons. The van der Waals surface area contributed by atoms with Crippen LogP contribution in [0.15, 0.2) is 24.3 Å². The predicted molar refractivity (Wildman–Crippen MR) is 73.1 cm³/mol. The molecule has 0 amide bonds. The summed E-state index contributed by atoms with van der Waals surface area (Å²) >= 11 is 0. The van der Waals surface area contributed by atoms with Gasteiger partial charge in [0.25, 0.3) is 0 Å². The highest BCUT2D eigenvalue weighted by molar-refractivity contribution is 7.90. The molecule has 0 unspecified atom stereocenters. The Kier molecular flexibility index (Phi) is 5.11. The first-order valence-corrected chi connectivity index (χ1v) is 7.66. The van der Waals surface area contributed by atoms with E-state index in [0.29, 0.717) is 11.3 Å². The molecule has 1 aromatic carbocycles. The molecule has 0 saturated carbocycles. The monoisotopic (exact) mass is 284 g/mol. The first-order chi connectivity index (χ1) is 8.78. The van der Waals surface area contributed by atoms with E-state index in [2.05, 4.69) is 0 Å². The fourth-order valence-corrected chi connectivity index (χ4v) is 1.78. The average Bonchev–Trinajstić information content (AvgIpc) is 2.27. The third kappa shape index (κ3) is 6.05. The number of carbonyl (C=O) groups is 1. The maximum absolute atomic E-state index is 11.0. The van der Waals surface area contributed by atoms with E-state index < -0.39 is 15.8 Å². The number of hydrogen-bond donors (Lipinski definition) is 1. The van der Waals surface area contributed by atoms with Gasteiger partial charge >= 0.3 is 5.97 Å². The second kappa shape index (κ2) is 6.38. The van der Waals surface area contributed by atoms with Gasteiger partial charge in [0, 0.05) is 17.9 Å². The van der Waals surface area contributed by atoms with E-state index in [1.54, 1.807) is 12.1 Å². The molecular weight excluding hydrogens is 268 g/mol. The first-order valence-electron chi connectivity index (χ1n) is 5.60. The normalized spacial score (nSPS) is 11.7. The Morgan fingerprint density at radius 3 is 2.68 bits per heavy atom. The zero-order valence-corrected chi connectivity index (χ0v) is 11.6. The van der Waals surface area contributed by atoms with Crippen LogP contribution in [-0.2, 0) is 14.6 Å². The van der Waals surface area contributed by atoms with Gasteiger partial charge in [-0.25, -0.2) is 13.2 Å². The molecular formula is C13H16O5S. The summed E-state index contributed by atoms with van der Waals surface area (Å²) in [6, 6.07) is 5.28. The summed E-state index contributed by atoms with van der Waals surface area (Å²) in [4.78, 5) is 10.5. The maximum Gasteiger partial charge on any atom is 0.328 e. The SMILES string of the molecule is Cc1ccc(OCCS(C)(=O)=O)c(/C=C/C(=O)O)c1. The van der Waals surface area contributed by atoms with Crippen molar-refractivity contribution in [3.8, 4) is 5.75 Å². The topological polar surface area (TPSA) is 80.7 Å². The van der Waals surface area contributed by atoms with Gasteiger partial charge in [-0.3, -0.25) is 0 Å². The Bertz CT molecular complexity index is 587. The van der Waals surface area contributed by atoms with E-state index in [1.165, 1.54) is 6.08 Å². The molecule has 0 saturated heterocycles. The summed E-state index contributed by atoms with van der Waals surface area (Å²) in [7, 11) is -3.08. The lowest BCUT2D eigenvalue weighted by Gasteiger charge is -2.09. The Balaban J connectivity index is 2.85. The number of sulfone groups is 1. The number of carboxylic acids is 1. The van der Waals surface area contributed by atoms with E-state index in [0.717, 1.165) is 17.9 Å². The van der Waals surface area contributed by atoms with Crippen LogP contribution >= 0.6 is 0 Å². The standard InChI is InChI=1S/C13H16O5S/c1-10-3-5-12(18-7-8-19(2,16)17)11(9-10)4-6-13(14)15/h3-6,9H,7-8H2,1-2H3,(H,14,15)/b6-4+. The van der Waals surface area contributed by atoms with E-state index in [-0.39, 0.29) is 12.4 Å². The highest BCUT2D eigenvalue weighted by Gasteiger charge is 2.05. The minimum atomic E-state index is -3.08. The lowest BCUT2D eigenvalue weighted by Crippen LogP contribution is -2.12. The molecule has 0 aliphatic heterocycles. The van der Waals surface area contributed by atoms with E-state index >= 15 is 0 Å². The summed E-state index contributed by atoms with van der Waals surface area (Å²) < 4.78 is 27.4. The van der Waals surface area contributed by atoms with Crippen molar-refractivity contribution in [3.63, 3.8) is 0 Å². The number of hydrogen-bond acceptors (Lipinski definition) is 4. The molecule has 0 aliphatic rings. The molecule has 0 heterocycles. The fraction of sp³-hybridized carbons (Fsp3) is 0.308. The van der Waals surface area contributed by atoms with Crippen LogP contribution in [0.4, 0.5) is 0 Å². The number of rotatable bonds is 6. The van der Waals surface area contributed by atoms with E-state index in [9.17, 15) is 13.2 Å². The van der Waals surface area contributed by atoms with Crippen LogP contribution in [0.25, 0.3) is 6.08 Å². The molecule has 0 aromatic heterocycles. The third-order valence-corrected chi connectivity index (χ3v) is 3.19. The van der Waals surface area contributed by atoms with Crippen molar-refractivity contribution in [2.24, 2.45) is 0 Å². The van der Waals surface area contributed by atoms with Gasteiger partial charge in [-0.15, -0.1) is 0 Å². The molecule has 0 bridgehead atoms. The van der Waals surface area contributed by atoms with Crippen molar-refractivity contribution in [1.82, 2.24) is 0 Å². The number of benzene rings is 1. The molecule has 5 nitrogen and oxygen atoms in total. The average molecular weight is 284 g/mol. The van der Waals surface area contributed by atoms with Gasteiger partial charge in [-0.1, -0.05) is 11.6 Å². The van der Waals surface area contributed by atoms with Gasteiger partial charge in [0.05, 0.1) is 5.75 Å². The largest absolute Gasteiger partial charge is 0.492 e. The summed E-state index contributed by atoms with van der Waals surface area (Å²) in [5.41, 5.74) is 1.57. The Hall–Kier alpha value is -1.82. The van der Waals surface area contributed by atoms with Crippen LogP contribution in [0.2, 0.25) is 0 Å². The molecule has 0 aliphatic carbocycles. The number of aryl methyl sites for hydroxylation is 1. The minimum Gasteiger partial charge on any atom is -0.492 e. The van der Waals surface area contributed by atoms with Crippen molar-refractivity contribution in [3.05, 3.63) is 35.4 Å². The predicted octanol–water partition coefficient (Wildman–Crippen LogP) is 1.52. The van der Waals surface area contributed by atoms with Crippen molar-refractivity contribution in [1.29, 1.82) is 0 Å². The molecule has 6 heteroatoms. The van der Waals surface area contributed by atoms with Crippen LogP contribution in [0.3, 0.4) is 0 Å². The number of ether oxygens (including phenoxy) is 1. The first kappa shape index (κ1) is 15.2. The highest BCUT2D eigenvalue weighted by Crippen LogP contribution is 2.21. The van der Waals surface area contributed by atoms with Crippen LogP contribution < -0.4 is 4.74 Å². The number of aliphatic carboxylic acids is 1. The van der Waals surface area contributed by atoms with Gasteiger partial charge in [-0.05, 0) is 25.1 Å². The van der Waals surface area contributed by atoms with Crippen LogP contribution in [-0.4, -0.2) is 38.1 Å². The smallest absolute Gasteiger partial charge is 0.328 e. The summed E-state index contributed by atoms with van der Waals surface area (Å²) in [5, 5.41) is 8.61. The molecule has 0 spiro atoms. The van der Waals surface area contributed by atoms with Crippen LogP contribution in [0.5, 0.6) is 5.75 Å². The summed E-state index contributed by atoms with van der Waals surface area (Å²) in [6.45, 7) is 1.91. The zero-order chi connectivity index (χ0) is 14.5.